The van der Waals surface area contributed by atoms with Gasteiger partial charge < -0.3 is 15.4 Å². The predicted molar refractivity (Wildman–Crippen MR) is 115 cm³/mol. The maximum Gasteiger partial charge on any atom is 0.272 e. The molecule has 2 aromatic heterocycles. The third-order valence-corrected chi connectivity index (χ3v) is 5.69. The second kappa shape index (κ2) is 8.67. The normalized spacial score (nSPS) is 14.5. The molecule has 1 aliphatic rings. The van der Waals surface area contributed by atoms with Crippen LogP contribution >= 0.6 is 0 Å². The highest BCUT2D eigenvalue weighted by Crippen LogP contribution is 2.32. The Hall–Kier alpha value is -3.55. The number of amides is 1. The van der Waals surface area contributed by atoms with Gasteiger partial charge in [0.2, 0.25) is 0 Å². The number of nitrogens with two attached hydrogens (primary N) is 1. The van der Waals surface area contributed by atoms with Gasteiger partial charge in [-0.3, -0.25) is 9.78 Å². The Bertz CT molecular complexity index is 1100. The second-order valence-electron chi connectivity index (χ2n) is 7.68. The molecule has 1 amide bonds. The number of benzene rings is 1. The summed E-state index contributed by atoms with van der Waals surface area (Å²) in [5.41, 5.74) is 8.66. The van der Waals surface area contributed by atoms with Gasteiger partial charge in [-0.1, -0.05) is 12.1 Å². The van der Waals surface area contributed by atoms with Crippen LogP contribution in [0.4, 0.5) is 10.2 Å². The van der Waals surface area contributed by atoms with Gasteiger partial charge >= 0.3 is 0 Å². The van der Waals surface area contributed by atoms with E-state index < -0.39 is 0 Å². The van der Waals surface area contributed by atoms with Gasteiger partial charge in [-0.15, -0.1) is 5.10 Å². The molecule has 0 atom stereocenters. The third kappa shape index (κ3) is 4.33. The number of hydrogen-bond acceptors (Lipinski definition) is 6. The fraction of sp³-hybridized carbons (Fsp3) is 0.304. The highest BCUT2D eigenvalue weighted by atomic mass is 19.1. The molecule has 0 bridgehead atoms. The minimum absolute atomic E-state index is 0.151. The van der Waals surface area contributed by atoms with E-state index >= 15 is 0 Å². The first-order chi connectivity index (χ1) is 15.0. The first-order valence-electron chi connectivity index (χ1n) is 10.1. The Labute approximate surface area is 180 Å². The van der Waals surface area contributed by atoms with Gasteiger partial charge in [0.25, 0.3) is 5.91 Å². The Balaban J connectivity index is 1.49. The van der Waals surface area contributed by atoms with E-state index in [1.807, 2.05) is 12.1 Å². The molecular formula is C23H24FN5O2. The average Bonchev–Trinajstić information content (AvgIpc) is 2.80. The van der Waals surface area contributed by atoms with Gasteiger partial charge in [-0.05, 0) is 49.1 Å². The summed E-state index contributed by atoms with van der Waals surface area (Å²) in [6.07, 6.45) is 3.15. The second-order valence-corrected chi connectivity index (χ2v) is 7.68. The fourth-order valence-corrected chi connectivity index (χ4v) is 3.81. The summed E-state index contributed by atoms with van der Waals surface area (Å²) in [5.74, 6) is 0.676. The molecule has 4 rings (SSSR count). The minimum atomic E-state index is -0.298. The van der Waals surface area contributed by atoms with E-state index in [-0.39, 0.29) is 17.6 Å². The number of halogens is 1. The van der Waals surface area contributed by atoms with Crippen molar-refractivity contribution in [3.05, 3.63) is 65.4 Å². The molecule has 1 saturated heterocycles. The summed E-state index contributed by atoms with van der Waals surface area (Å²) in [6.45, 7) is 2.91. The Morgan fingerprint density at radius 3 is 2.58 bits per heavy atom. The number of nitrogen functional groups attached to an aromatic ring is 1. The number of carbonyl (C=O) groups excluding carboxylic acids is 1. The van der Waals surface area contributed by atoms with Gasteiger partial charge in [0, 0.05) is 36.8 Å². The molecule has 2 N–H and O–H groups in total. The van der Waals surface area contributed by atoms with Crippen molar-refractivity contribution in [1.82, 2.24) is 20.1 Å². The van der Waals surface area contributed by atoms with Gasteiger partial charge in [-0.25, -0.2) is 4.39 Å². The summed E-state index contributed by atoms with van der Waals surface area (Å²) in [7, 11) is 1.52. The van der Waals surface area contributed by atoms with Crippen LogP contribution in [0.15, 0.2) is 42.6 Å². The van der Waals surface area contributed by atoms with Crippen molar-refractivity contribution in [2.75, 3.05) is 25.9 Å². The zero-order chi connectivity index (χ0) is 22.0. The van der Waals surface area contributed by atoms with E-state index in [1.54, 1.807) is 36.2 Å². The smallest absolute Gasteiger partial charge is 0.272 e. The molecule has 8 heteroatoms. The van der Waals surface area contributed by atoms with Gasteiger partial charge in [0.1, 0.15) is 23.1 Å². The predicted octanol–water partition coefficient (Wildman–Crippen LogP) is 3.60. The summed E-state index contributed by atoms with van der Waals surface area (Å²) >= 11 is 0. The van der Waals surface area contributed by atoms with Crippen molar-refractivity contribution in [3.63, 3.8) is 0 Å². The number of nitrogens with zero attached hydrogens (tertiary/aromatic N) is 4. The fourth-order valence-electron chi connectivity index (χ4n) is 3.81. The van der Waals surface area contributed by atoms with Crippen molar-refractivity contribution in [2.24, 2.45) is 0 Å². The number of hydrogen-bond donors (Lipinski definition) is 1. The summed E-state index contributed by atoms with van der Waals surface area (Å²) < 4.78 is 19.5. The molecule has 160 valence electrons. The molecule has 31 heavy (non-hydrogen) atoms. The number of methoxy groups -OCH3 is 1. The summed E-state index contributed by atoms with van der Waals surface area (Å²) in [6, 6.07) is 10.2. The van der Waals surface area contributed by atoms with Crippen LogP contribution in [0.5, 0.6) is 5.75 Å². The molecule has 0 unspecified atom stereocenters. The van der Waals surface area contributed by atoms with E-state index in [2.05, 4.69) is 15.2 Å². The lowest BCUT2D eigenvalue weighted by Crippen LogP contribution is -2.38. The molecule has 0 aliphatic carbocycles. The zero-order valence-electron chi connectivity index (χ0n) is 17.5. The Kier molecular flexibility index (Phi) is 5.79. The lowest BCUT2D eigenvalue weighted by Gasteiger charge is -2.31. The zero-order valence-corrected chi connectivity index (χ0v) is 17.5. The molecule has 1 aromatic carbocycles. The highest BCUT2D eigenvalue weighted by molar-refractivity contribution is 5.93. The summed E-state index contributed by atoms with van der Waals surface area (Å²) in [5, 5.41) is 8.09. The first-order valence-corrected chi connectivity index (χ1v) is 10.1. The number of ether oxygens (including phenoxy) is 1. The van der Waals surface area contributed by atoms with E-state index in [1.165, 1.54) is 13.2 Å². The molecule has 0 radical (unpaired) electrons. The number of aryl methyl sites for hydroxylation is 1. The van der Waals surface area contributed by atoms with Gasteiger partial charge in [-0.2, -0.15) is 5.10 Å². The van der Waals surface area contributed by atoms with Crippen LogP contribution in [0.2, 0.25) is 0 Å². The first kappa shape index (κ1) is 20.7. The number of aromatic nitrogens is 3. The van der Waals surface area contributed by atoms with Gasteiger partial charge in [0.15, 0.2) is 0 Å². The topological polar surface area (TPSA) is 94.2 Å². The van der Waals surface area contributed by atoms with Crippen LogP contribution in [-0.2, 0) is 0 Å². The standard InChI is InChI=1S/C23H24FN5O2/c1-14-3-4-16(11-18(14)24)17-13-26-20(12-21(17)31-2)23(30)29-9-7-15(8-10-29)19-5-6-22(25)28-27-19/h3-6,11-13,15H,7-10H2,1-2H3,(H2,25,28). The Morgan fingerprint density at radius 1 is 1.16 bits per heavy atom. The quantitative estimate of drug-likeness (QED) is 0.692. The number of pyridine rings is 1. The van der Waals surface area contributed by atoms with E-state index in [9.17, 15) is 9.18 Å². The van der Waals surface area contributed by atoms with Crippen molar-refractivity contribution in [1.29, 1.82) is 0 Å². The molecule has 0 saturated carbocycles. The van der Waals surface area contributed by atoms with E-state index in [4.69, 9.17) is 10.5 Å². The average molecular weight is 421 g/mol. The van der Waals surface area contributed by atoms with Crippen LogP contribution < -0.4 is 10.5 Å². The monoisotopic (exact) mass is 421 g/mol. The van der Waals surface area contributed by atoms with E-state index in [0.717, 1.165) is 18.5 Å². The van der Waals surface area contributed by atoms with Crippen LogP contribution in [0.3, 0.4) is 0 Å². The third-order valence-electron chi connectivity index (χ3n) is 5.69. The van der Waals surface area contributed by atoms with Gasteiger partial charge in [0.05, 0.1) is 12.8 Å². The van der Waals surface area contributed by atoms with Crippen molar-refractivity contribution in [3.8, 4) is 16.9 Å². The molecule has 1 aliphatic heterocycles. The minimum Gasteiger partial charge on any atom is -0.496 e. The summed E-state index contributed by atoms with van der Waals surface area (Å²) in [4.78, 5) is 19.1. The van der Waals surface area contributed by atoms with E-state index in [0.29, 0.717) is 47.0 Å². The number of carbonyl (C=O) groups is 1. The number of rotatable bonds is 4. The number of anilines is 1. The van der Waals surface area contributed by atoms with Crippen LogP contribution in [0.25, 0.3) is 11.1 Å². The highest BCUT2D eigenvalue weighted by Gasteiger charge is 2.27. The van der Waals surface area contributed by atoms with Crippen molar-refractivity contribution < 1.29 is 13.9 Å². The van der Waals surface area contributed by atoms with Crippen molar-refractivity contribution in [2.45, 2.75) is 25.7 Å². The molecular weight excluding hydrogens is 397 g/mol. The molecule has 3 heterocycles. The maximum absolute atomic E-state index is 14.0. The largest absolute Gasteiger partial charge is 0.496 e. The molecule has 7 nitrogen and oxygen atoms in total. The number of piperidine rings is 1. The molecule has 0 spiro atoms. The van der Waals surface area contributed by atoms with Crippen LogP contribution in [0.1, 0.15) is 40.5 Å². The SMILES string of the molecule is COc1cc(C(=O)N2CCC(c3ccc(N)nn3)CC2)ncc1-c1ccc(C)c(F)c1. The number of likely N-dealkylation sites (tertiary alicyclic amines) is 1. The van der Waals surface area contributed by atoms with Crippen LogP contribution in [0, 0.1) is 12.7 Å². The lowest BCUT2D eigenvalue weighted by atomic mass is 9.93. The van der Waals surface area contributed by atoms with Crippen molar-refractivity contribution >= 4 is 11.7 Å². The Morgan fingerprint density at radius 2 is 1.94 bits per heavy atom. The lowest BCUT2D eigenvalue weighted by molar-refractivity contribution is 0.0705. The maximum atomic E-state index is 14.0. The molecule has 3 aromatic rings. The molecule has 1 fully saturated rings. The van der Waals surface area contributed by atoms with Crippen LogP contribution in [-0.4, -0.2) is 46.2 Å².